The van der Waals surface area contributed by atoms with E-state index in [-0.39, 0.29) is 5.75 Å². The monoisotopic (exact) mass is 271 g/mol. The van der Waals surface area contributed by atoms with Crippen LogP contribution in [0.15, 0.2) is 24.3 Å². The zero-order valence-corrected chi connectivity index (χ0v) is 10.1. The zero-order valence-electron chi connectivity index (χ0n) is 10.1. The average molecular weight is 271 g/mol. The fraction of sp³-hybridized carbons (Fsp3) is 0.500. The van der Waals surface area contributed by atoms with E-state index in [9.17, 15) is 15.3 Å². The Morgan fingerprint density at radius 1 is 1.11 bits per heavy atom. The summed E-state index contributed by atoms with van der Waals surface area (Å²) >= 11 is 0. The highest BCUT2D eigenvalue weighted by Gasteiger charge is 2.44. The Morgan fingerprint density at radius 3 is 2.42 bits per heavy atom. The molecule has 1 aliphatic heterocycles. The van der Waals surface area contributed by atoms with Gasteiger partial charge in [-0.2, -0.15) is 0 Å². The minimum atomic E-state index is -1.47. The van der Waals surface area contributed by atoms with Crippen molar-refractivity contribution in [1.29, 1.82) is 0 Å². The van der Waals surface area contributed by atoms with Crippen molar-refractivity contribution in [2.75, 3.05) is 12.3 Å². The summed E-state index contributed by atoms with van der Waals surface area (Å²) in [5, 5.41) is 38.1. The van der Waals surface area contributed by atoms with Crippen molar-refractivity contribution in [3.63, 3.8) is 0 Å². The summed E-state index contributed by atoms with van der Waals surface area (Å²) in [6, 6.07) is 6.60. The Kier molecular flexibility index (Phi) is 4.23. The van der Waals surface area contributed by atoms with Gasteiger partial charge in [-0.3, -0.25) is 0 Å². The van der Waals surface area contributed by atoms with E-state index in [0.29, 0.717) is 5.69 Å². The molecule has 2 rings (SSSR count). The van der Waals surface area contributed by atoms with E-state index in [0.717, 1.165) is 0 Å². The van der Waals surface area contributed by atoms with Gasteiger partial charge < -0.3 is 35.6 Å². The van der Waals surface area contributed by atoms with Gasteiger partial charge in [0.15, 0.2) is 0 Å². The largest absolute Gasteiger partial charge is 0.460 e. The molecule has 5 atom stereocenters. The van der Waals surface area contributed by atoms with Gasteiger partial charge in [-0.1, -0.05) is 12.1 Å². The van der Waals surface area contributed by atoms with E-state index in [1.165, 1.54) is 0 Å². The molecule has 1 aromatic carbocycles. The molecule has 1 heterocycles. The maximum absolute atomic E-state index is 9.79. The first-order valence-corrected chi connectivity index (χ1v) is 5.86. The van der Waals surface area contributed by atoms with Gasteiger partial charge in [-0.05, 0) is 12.1 Å². The number of para-hydroxylation sites is 2. The molecule has 0 amide bonds. The van der Waals surface area contributed by atoms with Crippen LogP contribution in [0.5, 0.6) is 5.75 Å². The van der Waals surface area contributed by atoms with Gasteiger partial charge in [-0.15, -0.1) is 0 Å². The third-order valence-corrected chi connectivity index (χ3v) is 3.01. The summed E-state index contributed by atoms with van der Waals surface area (Å²) in [6.07, 6.45) is -6.56. The zero-order chi connectivity index (χ0) is 14.0. The van der Waals surface area contributed by atoms with Gasteiger partial charge in [0.1, 0.15) is 30.2 Å². The molecule has 0 spiro atoms. The smallest absolute Gasteiger partial charge is 0.229 e. The lowest BCUT2D eigenvalue weighted by Gasteiger charge is -2.39. The molecule has 106 valence electrons. The molecule has 0 bridgehead atoms. The van der Waals surface area contributed by atoms with E-state index in [4.69, 9.17) is 20.3 Å². The molecular formula is C12H17NO6. The van der Waals surface area contributed by atoms with E-state index in [1.807, 2.05) is 0 Å². The van der Waals surface area contributed by atoms with Crippen LogP contribution in [0.4, 0.5) is 5.69 Å². The number of aliphatic hydroxyl groups is 4. The number of anilines is 1. The van der Waals surface area contributed by atoms with E-state index in [2.05, 4.69) is 0 Å². The number of benzene rings is 1. The van der Waals surface area contributed by atoms with Crippen molar-refractivity contribution in [2.24, 2.45) is 0 Å². The van der Waals surface area contributed by atoms with Crippen LogP contribution in [0.1, 0.15) is 0 Å². The molecule has 7 nitrogen and oxygen atoms in total. The highest BCUT2D eigenvalue weighted by atomic mass is 16.7. The fourth-order valence-corrected chi connectivity index (χ4v) is 1.88. The first-order valence-electron chi connectivity index (χ1n) is 5.86. The van der Waals surface area contributed by atoms with Gasteiger partial charge in [-0.25, -0.2) is 0 Å². The minimum absolute atomic E-state index is 0.284. The van der Waals surface area contributed by atoms with Crippen LogP contribution in [-0.2, 0) is 4.74 Å². The second-order valence-corrected chi connectivity index (χ2v) is 4.35. The van der Waals surface area contributed by atoms with Crippen molar-refractivity contribution in [2.45, 2.75) is 30.7 Å². The molecule has 0 unspecified atom stereocenters. The molecule has 1 fully saturated rings. The number of ether oxygens (including phenoxy) is 2. The Bertz CT molecular complexity index is 426. The highest BCUT2D eigenvalue weighted by molar-refractivity contribution is 5.51. The number of aliphatic hydroxyl groups excluding tert-OH is 4. The molecule has 1 aromatic rings. The predicted octanol–water partition coefficient (Wildman–Crippen LogP) is -1.55. The number of hydrogen-bond acceptors (Lipinski definition) is 7. The molecule has 0 aromatic heterocycles. The van der Waals surface area contributed by atoms with Crippen LogP contribution in [0.3, 0.4) is 0 Å². The highest BCUT2D eigenvalue weighted by Crippen LogP contribution is 2.27. The Morgan fingerprint density at radius 2 is 1.79 bits per heavy atom. The van der Waals surface area contributed by atoms with Gasteiger partial charge >= 0.3 is 0 Å². The molecule has 7 heteroatoms. The Hall–Kier alpha value is -1.38. The molecular weight excluding hydrogens is 254 g/mol. The predicted molar refractivity (Wildman–Crippen MR) is 65.2 cm³/mol. The quantitative estimate of drug-likeness (QED) is 0.421. The topological polar surface area (TPSA) is 125 Å². The van der Waals surface area contributed by atoms with Crippen LogP contribution >= 0.6 is 0 Å². The average Bonchev–Trinajstić information content (AvgIpc) is 2.41. The molecule has 0 saturated carbocycles. The third-order valence-electron chi connectivity index (χ3n) is 3.01. The standard InChI is InChI=1S/C12H17NO6/c13-6-3-1-2-4-7(6)18-12-11(17)10(16)9(15)8(5-14)19-12/h1-4,8-12,14-17H,5,13H2/t8-,9-,10+,11-,12+/m0/s1. The molecule has 0 aliphatic carbocycles. The van der Waals surface area contributed by atoms with Gasteiger partial charge in [0, 0.05) is 0 Å². The lowest BCUT2D eigenvalue weighted by atomic mass is 9.99. The maximum atomic E-state index is 9.79. The normalized spacial score (nSPS) is 35.1. The number of nitrogen functional groups attached to an aromatic ring is 1. The third kappa shape index (κ3) is 2.80. The van der Waals surface area contributed by atoms with Gasteiger partial charge in [0.05, 0.1) is 12.3 Å². The van der Waals surface area contributed by atoms with Crippen LogP contribution in [0.2, 0.25) is 0 Å². The lowest BCUT2D eigenvalue weighted by Crippen LogP contribution is -2.60. The minimum Gasteiger partial charge on any atom is -0.460 e. The van der Waals surface area contributed by atoms with Crippen LogP contribution in [-0.4, -0.2) is 57.7 Å². The summed E-state index contributed by atoms with van der Waals surface area (Å²) in [5.74, 6) is 0.284. The summed E-state index contributed by atoms with van der Waals surface area (Å²) in [6.45, 7) is -0.505. The van der Waals surface area contributed by atoms with E-state index < -0.39 is 37.3 Å². The lowest BCUT2D eigenvalue weighted by molar-refractivity contribution is -0.277. The number of rotatable bonds is 3. The Labute approximate surface area is 109 Å². The van der Waals surface area contributed by atoms with E-state index >= 15 is 0 Å². The molecule has 19 heavy (non-hydrogen) atoms. The summed E-state index contributed by atoms with van der Waals surface area (Å²) in [4.78, 5) is 0. The first-order chi connectivity index (χ1) is 9.04. The van der Waals surface area contributed by atoms with Crippen LogP contribution in [0.25, 0.3) is 0 Å². The number of hydrogen-bond donors (Lipinski definition) is 5. The van der Waals surface area contributed by atoms with Crippen molar-refractivity contribution in [3.8, 4) is 5.75 Å². The maximum Gasteiger partial charge on any atom is 0.229 e. The van der Waals surface area contributed by atoms with Crippen molar-refractivity contribution in [1.82, 2.24) is 0 Å². The summed E-state index contributed by atoms with van der Waals surface area (Å²) < 4.78 is 10.6. The molecule has 0 radical (unpaired) electrons. The second kappa shape index (κ2) is 5.72. The van der Waals surface area contributed by atoms with Gasteiger partial charge in [0.25, 0.3) is 0 Å². The fourth-order valence-electron chi connectivity index (χ4n) is 1.88. The summed E-state index contributed by atoms with van der Waals surface area (Å²) in [5.41, 5.74) is 6.04. The molecule has 6 N–H and O–H groups in total. The van der Waals surface area contributed by atoms with Crippen molar-refractivity contribution < 1.29 is 29.9 Å². The molecule has 1 saturated heterocycles. The van der Waals surface area contributed by atoms with Crippen molar-refractivity contribution in [3.05, 3.63) is 24.3 Å². The van der Waals surface area contributed by atoms with E-state index in [1.54, 1.807) is 24.3 Å². The summed E-state index contributed by atoms with van der Waals surface area (Å²) in [7, 11) is 0. The van der Waals surface area contributed by atoms with Gasteiger partial charge in [0.2, 0.25) is 6.29 Å². The number of nitrogens with two attached hydrogens (primary N) is 1. The van der Waals surface area contributed by atoms with Crippen molar-refractivity contribution >= 4 is 5.69 Å². The second-order valence-electron chi connectivity index (χ2n) is 4.35. The van der Waals surface area contributed by atoms with Crippen LogP contribution in [0, 0.1) is 0 Å². The first kappa shape index (κ1) is 14.0. The SMILES string of the molecule is Nc1ccccc1O[C@@H]1O[C@@H](CO)[C@H](O)[C@@H](O)[C@@H]1O. The Balaban J connectivity index is 2.13. The molecule has 1 aliphatic rings. The van der Waals surface area contributed by atoms with Crippen LogP contribution < -0.4 is 10.5 Å².